The van der Waals surface area contributed by atoms with Crippen LogP contribution in [0.25, 0.3) is 0 Å². The summed E-state index contributed by atoms with van der Waals surface area (Å²) in [6.45, 7) is 2.24. The molecule has 4 N–H and O–H groups in total. The van der Waals surface area contributed by atoms with E-state index in [9.17, 15) is 9.59 Å². The standard InChI is InChI=1S/C14H21N3O4.ClH/c1-10(18)17-11-4-3-5-12(8-11)21-7-6-16-14(19)13(15)9-20-2;/h3-5,8,13H,6-7,9,15H2,1-2H3,(H,16,19)(H,17,18);1H. The van der Waals surface area contributed by atoms with Crippen molar-refractivity contribution in [3.05, 3.63) is 24.3 Å². The summed E-state index contributed by atoms with van der Waals surface area (Å²) >= 11 is 0. The predicted molar refractivity (Wildman–Crippen MR) is 86.3 cm³/mol. The fourth-order valence-corrected chi connectivity index (χ4v) is 1.60. The maximum absolute atomic E-state index is 11.5. The molecule has 8 heteroatoms. The maximum atomic E-state index is 11.5. The molecule has 0 spiro atoms. The molecule has 0 aliphatic rings. The molecule has 0 aliphatic heterocycles. The van der Waals surface area contributed by atoms with Gasteiger partial charge in [-0.05, 0) is 12.1 Å². The molecular weight excluding hydrogens is 310 g/mol. The molecule has 1 rings (SSSR count). The van der Waals surface area contributed by atoms with Gasteiger partial charge in [0.2, 0.25) is 11.8 Å². The van der Waals surface area contributed by atoms with E-state index in [1.807, 2.05) is 0 Å². The quantitative estimate of drug-likeness (QED) is 0.603. The second kappa shape index (κ2) is 10.8. The predicted octanol–water partition coefficient (Wildman–Crippen LogP) is 0.536. The van der Waals surface area contributed by atoms with Gasteiger partial charge in [0.05, 0.1) is 13.2 Å². The monoisotopic (exact) mass is 331 g/mol. The smallest absolute Gasteiger partial charge is 0.239 e. The molecule has 0 aromatic heterocycles. The number of anilines is 1. The lowest BCUT2D eigenvalue weighted by Gasteiger charge is -2.12. The second-order valence-corrected chi connectivity index (χ2v) is 4.41. The van der Waals surface area contributed by atoms with Gasteiger partial charge in [-0.2, -0.15) is 0 Å². The molecule has 0 saturated heterocycles. The van der Waals surface area contributed by atoms with Crippen LogP contribution in [0.4, 0.5) is 5.69 Å². The Morgan fingerprint density at radius 1 is 1.36 bits per heavy atom. The summed E-state index contributed by atoms with van der Waals surface area (Å²) in [7, 11) is 1.48. The zero-order valence-corrected chi connectivity index (χ0v) is 13.4. The number of hydrogen-bond donors (Lipinski definition) is 3. The fraction of sp³-hybridized carbons (Fsp3) is 0.429. The summed E-state index contributed by atoms with van der Waals surface area (Å²) in [5.41, 5.74) is 6.23. The van der Waals surface area contributed by atoms with Crippen molar-refractivity contribution in [2.45, 2.75) is 13.0 Å². The molecule has 0 bridgehead atoms. The van der Waals surface area contributed by atoms with Crippen LogP contribution in [0.5, 0.6) is 5.75 Å². The van der Waals surface area contributed by atoms with Gasteiger partial charge < -0.3 is 25.8 Å². The minimum atomic E-state index is -0.682. The van der Waals surface area contributed by atoms with E-state index >= 15 is 0 Å². The third-order valence-corrected chi connectivity index (χ3v) is 2.51. The van der Waals surface area contributed by atoms with E-state index in [1.54, 1.807) is 24.3 Å². The highest BCUT2D eigenvalue weighted by Crippen LogP contribution is 2.16. The lowest BCUT2D eigenvalue weighted by Crippen LogP contribution is -2.44. The highest BCUT2D eigenvalue weighted by atomic mass is 35.5. The van der Waals surface area contributed by atoms with E-state index in [0.29, 0.717) is 24.6 Å². The van der Waals surface area contributed by atoms with Crippen LogP contribution in [-0.2, 0) is 14.3 Å². The summed E-state index contributed by atoms with van der Waals surface area (Å²) in [6.07, 6.45) is 0. The van der Waals surface area contributed by atoms with E-state index in [1.165, 1.54) is 14.0 Å². The van der Waals surface area contributed by atoms with Gasteiger partial charge in [-0.3, -0.25) is 9.59 Å². The first-order valence-corrected chi connectivity index (χ1v) is 6.55. The molecule has 7 nitrogen and oxygen atoms in total. The van der Waals surface area contributed by atoms with Crippen LogP contribution in [0.15, 0.2) is 24.3 Å². The number of nitrogens with one attached hydrogen (secondary N) is 2. The van der Waals surface area contributed by atoms with Gasteiger partial charge in [0, 0.05) is 25.8 Å². The van der Waals surface area contributed by atoms with Crippen molar-refractivity contribution in [3.8, 4) is 5.75 Å². The highest BCUT2D eigenvalue weighted by Gasteiger charge is 2.11. The number of hydrogen-bond acceptors (Lipinski definition) is 5. The number of rotatable bonds is 8. The van der Waals surface area contributed by atoms with Crippen molar-refractivity contribution in [2.75, 3.05) is 32.2 Å². The third kappa shape index (κ3) is 7.82. The number of halogens is 1. The Morgan fingerprint density at radius 3 is 2.73 bits per heavy atom. The molecule has 1 aromatic carbocycles. The minimum Gasteiger partial charge on any atom is -0.492 e. The Kier molecular flexibility index (Phi) is 9.93. The van der Waals surface area contributed by atoms with Crippen molar-refractivity contribution in [2.24, 2.45) is 5.73 Å². The Labute approximate surface area is 135 Å². The van der Waals surface area contributed by atoms with Crippen LogP contribution in [0.1, 0.15) is 6.92 Å². The van der Waals surface area contributed by atoms with Crippen LogP contribution < -0.4 is 21.1 Å². The zero-order valence-electron chi connectivity index (χ0n) is 12.6. The minimum absolute atomic E-state index is 0. The van der Waals surface area contributed by atoms with Gasteiger partial charge in [0.1, 0.15) is 18.4 Å². The van der Waals surface area contributed by atoms with Crippen molar-refractivity contribution < 1.29 is 19.1 Å². The third-order valence-electron chi connectivity index (χ3n) is 2.51. The Hall–Kier alpha value is -1.83. The van der Waals surface area contributed by atoms with Crippen molar-refractivity contribution in [3.63, 3.8) is 0 Å². The average Bonchev–Trinajstić information content (AvgIpc) is 2.43. The van der Waals surface area contributed by atoms with Gasteiger partial charge >= 0.3 is 0 Å². The maximum Gasteiger partial charge on any atom is 0.239 e. The van der Waals surface area contributed by atoms with Gasteiger partial charge in [-0.15, -0.1) is 12.4 Å². The summed E-state index contributed by atoms with van der Waals surface area (Å²) in [4.78, 5) is 22.5. The van der Waals surface area contributed by atoms with Crippen molar-refractivity contribution >= 4 is 29.9 Å². The number of ether oxygens (including phenoxy) is 2. The van der Waals surface area contributed by atoms with Gasteiger partial charge in [-0.1, -0.05) is 6.07 Å². The lowest BCUT2D eigenvalue weighted by molar-refractivity contribution is -0.123. The molecule has 2 amide bonds. The van der Waals surface area contributed by atoms with Crippen LogP contribution in [0, 0.1) is 0 Å². The number of carbonyl (C=O) groups is 2. The Morgan fingerprint density at radius 2 is 2.09 bits per heavy atom. The van der Waals surface area contributed by atoms with Crippen molar-refractivity contribution in [1.29, 1.82) is 0 Å². The molecule has 124 valence electrons. The molecule has 0 aliphatic carbocycles. The first-order valence-electron chi connectivity index (χ1n) is 6.55. The Balaban J connectivity index is 0.00000441. The number of nitrogens with two attached hydrogens (primary N) is 1. The first kappa shape index (κ1) is 20.2. The molecule has 1 unspecified atom stereocenters. The van der Waals surface area contributed by atoms with Crippen LogP contribution in [0.2, 0.25) is 0 Å². The van der Waals surface area contributed by atoms with E-state index in [-0.39, 0.29) is 30.8 Å². The fourth-order valence-electron chi connectivity index (χ4n) is 1.60. The number of methoxy groups -OCH3 is 1. The molecule has 0 heterocycles. The first-order chi connectivity index (χ1) is 10.0. The lowest BCUT2D eigenvalue weighted by atomic mass is 10.3. The zero-order chi connectivity index (χ0) is 15.7. The molecule has 0 radical (unpaired) electrons. The summed E-state index contributed by atoms with van der Waals surface area (Å²) < 4.78 is 10.3. The molecule has 0 fully saturated rings. The molecule has 1 atom stereocenters. The topological polar surface area (TPSA) is 103 Å². The second-order valence-electron chi connectivity index (χ2n) is 4.41. The molecule has 0 saturated carbocycles. The van der Waals surface area contributed by atoms with Gasteiger partial charge in [0.25, 0.3) is 0 Å². The summed E-state index contributed by atoms with van der Waals surface area (Å²) in [5.74, 6) is 0.177. The van der Waals surface area contributed by atoms with E-state index in [4.69, 9.17) is 15.2 Å². The molecule has 22 heavy (non-hydrogen) atoms. The van der Waals surface area contributed by atoms with Gasteiger partial charge in [-0.25, -0.2) is 0 Å². The largest absolute Gasteiger partial charge is 0.492 e. The van der Waals surface area contributed by atoms with Crippen LogP contribution in [-0.4, -0.2) is 44.7 Å². The van der Waals surface area contributed by atoms with Crippen molar-refractivity contribution in [1.82, 2.24) is 5.32 Å². The SMILES string of the molecule is COCC(N)C(=O)NCCOc1cccc(NC(C)=O)c1.Cl. The average molecular weight is 332 g/mol. The Bertz CT molecular complexity index is 485. The normalized spacial score (nSPS) is 11.0. The van der Waals surface area contributed by atoms with E-state index in [0.717, 1.165) is 0 Å². The molecular formula is C14H22ClN3O4. The van der Waals surface area contributed by atoms with Crippen LogP contribution in [0.3, 0.4) is 0 Å². The number of carbonyl (C=O) groups excluding carboxylic acids is 2. The van der Waals surface area contributed by atoms with Gasteiger partial charge in [0.15, 0.2) is 0 Å². The highest BCUT2D eigenvalue weighted by molar-refractivity contribution is 5.88. The summed E-state index contributed by atoms with van der Waals surface area (Å²) in [6, 6.07) is 6.33. The van der Waals surface area contributed by atoms with E-state index < -0.39 is 6.04 Å². The molecule has 1 aromatic rings. The number of amides is 2. The van der Waals surface area contributed by atoms with E-state index in [2.05, 4.69) is 10.6 Å². The summed E-state index contributed by atoms with van der Waals surface area (Å²) in [5, 5.41) is 5.31. The van der Waals surface area contributed by atoms with Crippen LogP contribution >= 0.6 is 12.4 Å². The number of benzene rings is 1.